The molecule has 0 saturated carbocycles. The molecule has 0 aromatic carbocycles. The van der Waals surface area contributed by atoms with Gasteiger partial charge < -0.3 is 5.32 Å². The van der Waals surface area contributed by atoms with E-state index in [4.69, 9.17) is 0 Å². The minimum absolute atomic E-state index is 0.657. The lowest BCUT2D eigenvalue weighted by Crippen LogP contribution is -2.36. The van der Waals surface area contributed by atoms with Gasteiger partial charge in [-0.3, -0.25) is 5.10 Å². The third kappa shape index (κ3) is 2.59. The number of aromatic amines is 1. The predicted octanol–water partition coefficient (Wildman–Crippen LogP) is 1.90. The van der Waals surface area contributed by atoms with Crippen molar-refractivity contribution in [1.29, 1.82) is 0 Å². The largest absolute Gasteiger partial charge is 0.313 e. The fourth-order valence-electron chi connectivity index (χ4n) is 2.10. The van der Waals surface area contributed by atoms with Gasteiger partial charge in [0.2, 0.25) is 0 Å². The molecular formula is C12H21N3. The number of H-pyrrole nitrogens is 1. The van der Waals surface area contributed by atoms with Gasteiger partial charge in [0.25, 0.3) is 0 Å². The maximum Gasteiger partial charge on any atom is 0.0522 e. The molecule has 1 aliphatic carbocycles. The highest BCUT2D eigenvalue weighted by molar-refractivity contribution is 5.20. The normalized spacial score (nSPS) is 22.4. The molecule has 1 aromatic rings. The summed E-state index contributed by atoms with van der Waals surface area (Å²) in [5.74, 6) is 0.788. The second kappa shape index (κ2) is 4.79. The van der Waals surface area contributed by atoms with E-state index in [1.165, 1.54) is 24.1 Å². The van der Waals surface area contributed by atoms with Crippen LogP contribution < -0.4 is 5.32 Å². The summed E-state index contributed by atoms with van der Waals surface area (Å²) < 4.78 is 0. The van der Waals surface area contributed by atoms with Crippen molar-refractivity contribution in [1.82, 2.24) is 15.5 Å². The smallest absolute Gasteiger partial charge is 0.0522 e. The average Bonchev–Trinajstić information content (AvgIpc) is 2.72. The number of fused-ring (bicyclic) bond motifs is 1. The van der Waals surface area contributed by atoms with E-state index in [0.29, 0.717) is 6.04 Å². The van der Waals surface area contributed by atoms with E-state index < -0.39 is 0 Å². The fourth-order valence-corrected chi connectivity index (χ4v) is 2.10. The molecule has 0 spiro atoms. The molecule has 2 N–H and O–H groups in total. The summed E-state index contributed by atoms with van der Waals surface area (Å²) in [5.41, 5.74) is 2.75. The fraction of sp³-hybridized carbons (Fsp3) is 0.750. The molecule has 3 nitrogen and oxygen atoms in total. The van der Waals surface area contributed by atoms with E-state index in [-0.39, 0.29) is 0 Å². The topological polar surface area (TPSA) is 40.7 Å². The van der Waals surface area contributed by atoms with Gasteiger partial charge in [0, 0.05) is 11.7 Å². The Morgan fingerprint density at radius 3 is 3.33 bits per heavy atom. The van der Waals surface area contributed by atoms with Crippen LogP contribution in [0, 0.1) is 5.92 Å². The van der Waals surface area contributed by atoms with E-state index in [2.05, 4.69) is 29.4 Å². The summed E-state index contributed by atoms with van der Waals surface area (Å²) in [4.78, 5) is 0. The Hall–Kier alpha value is -0.830. The molecule has 0 fully saturated rings. The lowest BCUT2D eigenvalue weighted by Gasteiger charge is -2.24. The lowest BCUT2D eigenvalue weighted by molar-refractivity contribution is 0.406. The molecule has 0 aliphatic heterocycles. The van der Waals surface area contributed by atoms with Crippen LogP contribution in [0.1, 0.15) is 37.9 Å². The zero-order valence-electron chi connectivity index (χ0n) is 9.71. The van der Waals surface area contributed by atoms with Gasteiger partial charge in [-0.05, 0) is 37.3 Å². The highest BCUT2D eigenvalue weighted by atomic mass is 15.1. The van der Waals surface area contributed by atoms with Crippen molar-refractivity contribution in [2.45, 2.75) is 45.6 Å². The van der Waals surface area contributed by atoms with Gasteiger partial charge >= 0.3 is 0 Å². The molecule has 0 amide bonds. The summed E-state index contributed by atoms with van der Waals surface area (Å²) in [6, 6.07) is 0.657. The monoisotopic (exact) mass is 207 g/mol. The van der Waals surface area contributed by atoms with Gasteiger partial charge in [-0.15, -0.1) is 0 Å². The summed E-state index contributed by atoms with van der Waals surface area (Å²) >= 11 is 0. The van der Waals surface area contributed by atoms with Crippen LogP contribution in [0.15, 0.2) is 6.20 Å². The van der Waals surface area contributed by atoms with Crippen molar-refractivity contribution in [2.24, 2.45) is 5.92 Å². The molecule has 2 rings (SSSR count). The predicted molar refractivity (Wildman–Crippen MR) is 61.9 cm³/mol. The number of aromatic nitrogens is 2. The molecule has 2 unspecified atom stereocenters. The maximum atomic E-state index is 4.10. The minimum atomic E-state index is 0.657. The standard InChI is InChI=1S/C12H21N3/c1-3-9(2)7-13-11-4-5-12-10(6-11)8-14-15-12/h8-9,11,13H,3-7H2,1-2H3,(H,14,15). The van der Waals surface area contributed by atoms with Crippen molar-refractivity contribution < 1.29 is 0 Å². The summed E-state index contributed by atoms with van der Waals surface area (Å²) in [7, 11) is 0. The van der Waals surface area contributed by atoms with Crippen LogP contribution in [-0.2, 0) is 12.8 Å². The number of nitrogens with one attached hydrogen (secondary N) is 2. The third-order valence-corrected chi connectivity index (χ3v) is 3.47. The molecule has 84 valence electrons. The van der Waals surface area contributed by atoms with Crippen LogP contribution >= 0.6 is 0 Å². The van der Waals surface area contributed by atoms with Crippen LogP contribution in [-0.4, -0.2) is 22.8 Å². The van der Waals surface area contributed by atoms with Gasteiger partial charge in [0.15, 0.2) is 0 Å². The molecule has 3 heteroatoms. The highest BCUT2D eigenvalue weighted by Gasteiger charge is 2.19. The lowest BCUT2D eigenvalue weighted by atomic mass is 9.93. The quantitative estimate of drug-likeness (QED) is 0.791. The Balaban J connectivity index is 1.82. The SMILES string of the molecule is CCC(C)CNC1CCc2[nH]ncc2C1. The molecule has 0 saturated heterocycles. The molecule has 1 aromatic heterocycles. The molecule has 1 aliphatic rings. The Kier molecular flexibility index (Phi) is 3.41. The minimum Gasteiger partial charge on any atom is -0.313 e. The average molecular weight is 207 g/mol. The molecule has 0 radical (unpaired) electrons. The van der Waals surface area contributed by atoms with Crippen molar-refractivity contribution in [2.75, 3.05) is 6.54 Å². The Morgan fingerprint density at radius 1 is 1.67 bits per heavy atom. The van der Waals surface area contributed by atoms with Crippen LogP contribution in [0.4, 0.5) is 0 Å². The van der Waals surface area contributed by atoms with Crippen molar-refractivity contribution in [3.05, 3.63) is 17.5 Å². The first-order valence-corrected chi connectivity index (χ1v) is 6.04. The van der Waals surface area contributed by atoms with Crippen molar-refractivity contribution >= 4 is 0 Å². The van der Waals surface area contributed by atoms with E-state index in [9.17, 15) is 0 Å². The molecule has 2 atom stereocenters. The van der Waals surface area contributed by atoms with Gasteiger partial charge in [0.1, 0.15) is 0 Å². The molecule has 15 heavy (non-hydrogen) atoms. The van der Waals surface area contributed by atoms with E-state index >= 15 is 0 Å². The molecular weight excluding hydrogens is 186 g/mol. The van der Waals surface area contributed by atoms with Crippen LogP contribution in [0.5, 0.6) is 0 Å². The zero-order chi connectivity index (χ0) is 10.7. The van der Waals surface area contributed by atoms with E-state index in [1.807, 2.05) is 6.20 Å². The summed E-state index contributed by atoms with van der Waals surface area (Å²) in [6.07, 6.45) is 6.77. The first-order valence-electron chi connectivity index (χ1n) is 6.04. The number of hydrogen-bond donors (Lipinski definition) is 2. The number of aryl methyl sites for hydroxylation is 1. The first-order chi connectivity index (χ1) is 7.29. The van der Waals surface area contributed by atoms with Gasteiger partial charge in [0.05, 0.1) is 6.20 Å². The van der Waals surface area contributed by atoms with Crippen LogP contribution in [0.2, 0.25) is 0 Å². The maximum absolute atomic E-state index is 4.10. The number of rotatable bonds is 4. The van der Waals surface area contributed by atoms with Gasteiger partial charge in [-0.1, -0.05) is 20.3 Å². The second-order valence-corrected chi connectivity index (χ2v) is 4.74. The van der Waals surface area contributed by atoms with E-state index in [0.717, 1.165) is 25.3 Å². The number of hydrogen-bond acceptors (Lipinski definition) is 2. The summed E-state index contributed by atoms with van der Waals surface area (Å²) in [6.45, 7) is 5.70. The zero-order valence-corrected chi connectivity index (χ0v) is 9.71. The molecule has 1 heterocycles. The van der Waals surface area contributed by atoms with Crippen LogP contribution in [0.25, 0.3) is 0 Å². The molecule has 0 bridgehead atoms. The van der Waals surface area contributed by atoms with Gasteiger partial charge in [-0.2, -0.15) is 5.10 Å². The first kappa shape index (κ1) is 10.7. The number of nitrogens with zero attached hydrogens (tertiary/aromatic N) is 1. The van der Waals surface area contributed by atoms with Crippen LogP contribution in [0.3, 0.4) is 0 Å². The van der Waals surface area contributed by atoms with Gasteiger partial charge in [-0.25, -0.2) is 0 Å². The Bertz CT molecular complexity index is 306. The van der Waals surface area contributed by atoms with Crippen molar-refractivity contribution in [3.63, 3.8) is 0 Å². The highest BCUT2D eigenvalue weighted by Crippen LogP contribution is 2.18. The second-order valence-electron chi connectivity index (χ2n) is 4.74. The summed E-state index contributed by atoms with van der Waals surface area (Å²) in [5, 5.41) is 10.8. The third-order valence-electron chi connectivity index (χ3n) is 3.47. The van der Waals surface area contributed by atoms with E-state index in [1.54, 1.807) is 0 Å². The Morgan fingerprint density at radius 2 is 2.53 bits per heavy atom. The Labute approximate surface area is 91.7 Å². The van der Waals surface area contributed by atoms with Crippen molar-refractivity contribution in [3.8, 4) is 0 Å².